The van der Waals surface area contributed by atoms with Gasteiger partial charge in [0, 0.05) is 26.8 Å². The van der Waals surface area contributed by atoms with Crippen LogP contribution in [0.3, 0.4) is 0 Å². The molecule has 18 heavy (non-hydrogen) atoms. The number of aromatic nitrogens is 1. The molecule has 1 N–H and O–H groups in total. The Kier molecular flexibility index (Phi) is 3.55. The van der Waals surface area contributed by atoms with E-state index >= 15 is 0 Å². The minimum atomic E-state index is -0.0127. The van der Waals surface area contributed by atoms with E-state index < -0.39 is 0 Å². The van der Waals surface area contributed by atoms with Crippen molar-refractivity contribution in [3.05, 3.63) is 23.9 Å². The van der Waals surface area contributed by atoms with Crippen LogP contribution in [0.4, 0.5) is 5.82 Å². The number of anilines is 1. The van der Waals surface area contributed by atoms with Gasteiger partial charge in [-0.2, -0.15) is 0 Å². The van der Waals surface area contributed by atoms with Gasteiger partial charge in [-0.05, 0) is 36.8 Å². The molecule has 0 unspecified atom stereocenters. The monoisotopic (exact) mass is 247 g/mol. The second kappa shape index (κ2) is 4.96. The Bertz CT molecular complexity index is 421. The number of hydrogen-bond acceptors (Lipinski definition) is 3. The van der Waals surface area contributed by atoms with Gasteiger partial charge in [-0.1, -0.05) is 6.92 Å². The highest BCUT2D eigenvalue weighted by Gasteiger charge is 2.40. The molecule has 0 atom stereocenters. The van der Waals surface area contributed by atoms with Crippen molar-refractivity contribution in [3.63, 3.8) is 0 Å². The Balaban J connectivity index is 1.93. The van der Waals surface area contributed by atoms with Gasteiger partial charge in [-0.15, -0.1) is 0 Å². The van der Waals surface area contributed by atoms with Crippen LogP contribution in [0.5, 0.6) is 0 Å². The lowest BCUT2D eigenvalue weighted by atomic mass is 10.0. The summed E-state index contributed by atoms with van der Waals surface area (Å²) >= 11 is 0. The summed E-state index contributed by atoms with van der Waals surface area (Å²) in [5, 5.41) is 3.36. The SMILES string of the molecule is CCC1(CNc2ccc(C(=O)N(C)C)cn2)CC1. The molecular formula is C14H21N3O. The quantitative estimate of drug-likeness (QED) is 0.869. The van der Waals surface area contributed by atoms with Crippen molar-refractivity contribution in [2.45, 2.75) is 26.2 Å². The Morgan fingerprint density at radius 3 is 2.61 bits per heavy atom. The topological polar surface area (TPSA) is 45.2 Å². The van der Waals surface area contributed by atoms with E-state index in [0.717, 1.165) is 12.4 Å². The molecular weight excluding hydrogens is 226 g/mol. The van der Waals surface area contributed by atoms with Crippen molar-refractivity contribution in [1.29, 1.82) is 0 Å². The Hall–Kier alpha value is -1.58. The maximum Gasteiger partial charge on any atom is 0.254 e. The number of rotatable bonds is 5. The predicted octanol–water partition coefficient (Wildman–Crippen LogP) is 2.39. The van der Waals surface area contributed by atoms with Crippen molar-refractivity contribution in [2.24, 2.45) is 5.41 Å². The fourth-order valence-corrected chi connectivity index (χ4v) is 1.99. The molecule has 0 saturated heterocycles. The van der Waals surface area contributed by atoms with Gasteiger partial charge in [0.25, 0.3) is 5.91 Å². The standard InChI is InChI=1S/C14H21N3O/c1-4-14(7-8-14)10-16-12-6-5-11(9-15-12)13(18)17(2)3/h5-6,9H,4,7-8,10H2,1-3H3,(H,15,16). The number of pyridine rings is 1. The molecule has 1 aliphatic carbocycles. The lowest BCUT2D eigenvalue weighted by Gasteiger charge is -2.14. The Labute approximate surface area is 108 Å². The zero-order chi connectivity index (χ0) is 13.2. The first-order chi connectivity index (χ1) is 8.56. The normalized spacial score (nSPS) is 16.2. The maximum atomic E-state index is 11.7. The zero-order valence-electron chi connectivity index (χ0n) is 11.4. The lowest BCUT2D eigenvalue weighted by molar-refractivity contribution is 0.0827. The molecule has 0 radical (unpaired) electrons. The number of hydrogen-bond donors (Lipinski definition) is 1. The second-order valence-corrected chi connectivity index (χ2v) is 5.34. The van der Waals surface area contributed by atoms with Crippen LogP contribution < -0.4 is 5.32 Å². The minimum absolute atomic E-state index is 0.0127. The van der Waals surface area contributed by atoms with E-state index in [4.69, 9.17) is 0 Å². The van der Waals surface area contributed by atoms with Crippen LogP contribution in [0.1, 0.15) is 36.5 Å². The van der Waals surface area contributed by atoms with Gasteiger partial charge in [-0.3, -0.25) is 4.79 Å². The zero-order valence-corrected chi connectivity index (χ0v) is 11.4. The molecule has 1 aromatic rings. The molecule has 1 aromatic heterocycles. The Morgan fingerprint density at radius 1 is 1.44 bits per heavy atom. The number of nitrogens with one attached hydrogen (secondary N) is 1. The maximum absolute atomic E-state index is 11.7. The first-order valence-corrected chi connectivity index (χ1v) is 6.48. The van der Waals surface area contributed by atoms with Gasteiger partial charge in [0.15, 0.2) is 0 Å². The third-order valence-electron chi connectivity index (χ3n) is 3.77. The van der Waals surface area contributed by atoms with Crippen molar-refractivity contribution >= 4 is 11.7 Å². The van der Waals surface area contributed by atoms with Crippen LogP contribution in [0.25, 0.3) is 0 Å². The van der Waals surface area contributed by atoms with Crippen LogP contribution in [-0.4, -0.2) is 36.4 Å². The molecule has 0 aromatic carbocycles. The molecule has 1 heterocycles. The van der Waals surface area contributed by atoms with Crippen molar-refractivity contribution < 1.29 is 4.79 Å². The summed E-state index contributed by atoms with van der Waals surface area (Å²) in [6.45, 7) is 3.22. The molecule has 0 spiro atoms. The summed E-state index contributed by atoms with van der Waals surface area (Å²) < 4.78 is 0. The number of carbonyl (C=O) groups is 1. The average molecular weight is 247 g/mol. The van der Waals surface area contributed by atoms with E-state index in [1.165, 1.54) is 19.3 Å². The van der Waals surface area contributed by atoms with E-state index in [0.29, 0.717) is 11.0 Å². The van der Waals surface area contributed by atoms with Gasteiger partial charge >= 0.3 is 0 Å². The van der Waals surface area contributed by atoms with Crippen LogP contribution in [0, 0.1) is 5.41 Å². The van der Waals surface area contributed by atoms with E-state index in [2.05, 4.69) is 17.2 Å². The Morgan fingerprint density at radius 2 is 2.17 bits per heavy atom. The fourth-order valence-electron chi connectivity index (χ4n) is 1.99. The largest absolute Gasteiger partial charge is 0.370 e. The van der Waals surface area contributed by atoms with Crippen LogP contribution >= 0.6 is 0 Å². The smallest absolute Gasteiger partial charge is 0.254 e. The average Bonchev–Trinajstić information content (AvgIpc) is 3.17. The summed E-state index contributed by atoms with van der Waals surface area (Å²) in [6.07, 6.45) is 5.48. The summed E-state index contributed by atoms with van der Waals surface area (Å²) in [6, 6.07) is 3.70. The molecule has 1 saturated carbocycles. The van der Waals surface area contributed by atoms with Gasteiger partial charge in [-0.25, -0.2) is 4.98 Å². The molecule has 0 aliphatic heterocycles. The highest BCUT2D eigenvalue weighted by molar-refractivity contribution is 5.93. The molecule has 98 valence electrons. The number of nitrogens with zero attached hydrogens (tertiary/aromatic N) is 2. The highest BCUT2D eigenvalue weighted by Crippen LogP contribution is 2.48. The number of carbonyl (C=O) groups excluding carboxylic acids is 1. The number of amides is 1. The van der Waals surface area contributed by atoms with Gasteiger partial charge in [0.1, 0.15) is 5.82 Å². The summed E-state index contributed by atoms with van der Waals surface area (Å²) in [7, 11) is 3.49. The predicted molar refractivity (Wildman–Crippen MR) is 72.7 cm³/mol. The van der Waals surface area contributed by atoms with E-state index in [-0.39, 0.29) is 5.91 Å². The lowest BCUT2D eigenvalue weighted by Crippen LogP contribution is -2.22. The van der Waals surface area contributed by atoms with Crippen LogP contribution in [-0.2, 0) is 0 Å². The van der Waals surface area contributed by atoms with Gasteiger partial charge < -0.3 is 10.2 Å². The molecule has 4 heteroatoms. The summed E-state index contributed by atoms with van der Waals surface area (Å²) in [5.41, 5.74) is 1.13. The molecule has 2 rings (SSSR count). The highest BCUT2D eigenvalue weighted by atomic mass is 16.2. The molecule has 0 bridgehead atoms. The van der Waals surface area contributed by atoms with Gasteiger partial charge in [0.2, 0.25) is 0 Å². The minimum Gasteiger partial charge on any atom is -0.370 e. The summed E-state index contributed by atoms with van der Waals surface area (Å²) in [4.78, 5) is 17.5. The first kappa shape index (κ1) is 12.9. The third-order valence-corrected chi connectivity index (χ3v) is 3.77. The molecule has 4 nitrogen and oxygen atoms in total. The van der Waals surface area contributed by atoms with Crippen LogP contribution in [0.2, 0.25) is 0 Å². The van der Waals surface area contributed by atoms with Crippen molar-refractivity contribution in [2.75, 3.05) is 26.0 Å². The fraction of sp³-hybridized carbons (Fsp3) is 0.571. The van der Waals surface area contributed by atoms with E-state index in [9.17, 15) is 4.79 Å². The van der Waals surface area contributed by atoms with Crippen LogP contribution in [0.15, 0.2) is 18.3 Å². The van der Waals surface area contributed by atoms with E-state index in [1.807, 2.05) is 12.1 Å². The van der Waals surface area contributed by atoms with Crippen molar-refractivity contribution in [1.82, 2.24) is 9.88 Å². The molecule has 1 amide bonds. The van der Waals surface area contributed by atoms with Crippen molar-refractivity contribution in [3.8, 4) is 0 Å². The third kappa shape index (κ3) is 2.81. The molecule has 1 fully saturated rings. The van der Waals surface area contributed by atoms with E-state index in [1.54, 1.807) is 25.2 Å². The molecule has 1 aliphatic rings. The van der Waals surface area contributed by atoms with Gasteiger partial charge in [0.05, 0.1) is 5.56 Å². The summed E-state index contributed by atoms with van der Waals surface area (Å²) in [5.74, 6) is 0.839. The first-order valence-electron chi connectivity index (χ1n) is 6.48. The second-order valence-electron chi connectivity index (χ2n) is 5.34.